The third-order valence-electron chi connectivity index (χ3n) is 5.49. The van der Waals surface area contributed by atoms with Crippen molar-refractivity contribution >= 4 is 5.91 Å². The number of alkyl halides is 1. The Balaban J connectivity index is 1.60. The van der Waals surface area contributed by atoms with Gasteiger partial charge >= 0.3 is 0 Å². The zero-order chi connectivity index (χ0) is 22.1. The summed E-state index contributed by atoms with van der Waals surface area (Å²) >= 11 is 0. The van der Waals surface area contributed by atoms with Gasteiger partial charge in [0.2, 0.25) is 0 Å². The quantitative estimate of drug-likeness (QED) is 0.601. The minimum atomic E-state index is -0.649. The van der Waals surface area contributed by atoms with E-state index in [0.717, 1.165) is 11.6 Å². The summed E-state index contributed by atoms with van der Waals surface area (Å²) in [5, 5.41) is 4.56. The SMILES string of the molecule is C[C@H]1c2nn(C)c(-c3cc(F)cc(F)c3)c2CCN1C(=O)c1ccc(OCCF)cc1. The van der Waals surface area contributed by atoms with Crippen LogP contribution in [0.15, 0.2) is 42.5 Å². The molecular weight excluding hydrogens is 407 g/mol. The van der Waals surface area contributed by atoms with Crippen LogP contribution in [0.4, 0.5) is 13.2 Å². The number of aromatic nitrogens is 2. The summed E-state index contributed by atoms with van der Waals surface area (Å²) in [5.41, 5.74) is 3.17. The van der Waals surface area contributed by atoms with Gasteiger partial charge in [-0.25, -0.2) is 13.2 Å². The zero-order valence-corrected chi connectivity index (χ0v) is 17.2. The second-order valence-corrected chi connectivity index (χ2v) is 7.48. The molecule has 8 heteroatoms. The Hall–Kier alpha value is -3.29. The van der Waals surface area contributed by atoms with Crippen molar-refractivity contribution in [2.24, 2.45) is 7.05 Å². The minimum absolute atomic E-state index is 0.0313. The van der Waals surface area contributed by atoms with Crippen molar-refractivity contribution in [2.75, 3.05) is 19.8 Å². The lowest BCUT2D eigenvalue weighted by molar-refractivity contribution is 0.0673. The number of hydrogen-bond donors (Lipinski definition) is 0. The number of amides is 1. The molecule has 1 aromatic heterocycles. The van der Waals surface area contributed by atoms with Crippen LogP contribution >= 0.6 is 0 Å². The van der Waals surface area contributed by atoms with Crippen molar-refractivity contribution in [3.05, 3.63) is 70.9 Å². The van der Waals surface area contributed by atoms with Gasteiger partial charge in [0.15, 0.2) is 0 Å². The maximum atomic E-state index is 13.8. The van der Waals surface area contributed by atoms with Crippen molar-refractivity contribution in [3.63, 3.8) is 0 Å². The van der Waals surface area contributed by atoms with Crippen LogP contribution in [0, 0.1) is 11.6 Å². The molecule has 1 aliphatic rings. The molecule has 31 heavy (non-hydrogen) atoms. The van der Waals surface area contributed by atoms with E-state index in [0.29, 0.717) is 41.2 Å². The molecule has 1 aliphatic heterocycles. The molecule has 5 nitrogen and oxygen atoms in total. The van der Waals surface area contributed by atoms with Gasteiger partial charge in [-0.2, -0.15) is 5.10 Å². The summed E-state index contributed by atoms with van der Waals surface area (Å²) in [4.78, 5) is 14.8. The van der Waals surface area contributed by atoms with Crippen LogP contribution in [0.2, 0.25) is 0 Å². The molecule has 3 aromatic rings. The van der Waals surface area contributed by atoms with Crippen LogP contribution in [0.3, 0.4) is 0 Å². The van der Waals surface area contributed by atoms with Gasteiger partial charge in [0.1, 0.15) is 30.7 Å². The number of rotatable bonds is 5. The summed E-state index contributed by atoms with van der Waals surface area (Å²) in [5.74, 6) is -0.951. The van der Waals surface area contributed by atoms with E-state index in [1.807, 2.05) is 6.92 Å². The first-order valence-corrected chi connectivity index (χ1v) is 10.0. The highest BCUT2D eigenvalue weighted by Gasteiger charge is 2.33. The van der Waals surface area contributed by atoms with E-state index in [1.165, 1.54) is 12.1 Å². The lowest BCUT2D eigenvalue weighted by Crippen LogP contribution is -2.38. The summed E-state index contributed by atoms with van der Waals surface area (Å²) in [6.45, 7) is 1.72. The number of ether oxygens (including phenoxy) is 1. The largest absolute Gasteiger partial charge is 0.491 e. The third-order valence-corrected chi connectivity index (χ3v) is 5.49. The maximum Gasteiger partial charge on any atom is 0.254 e. The normalized spacial score (nSPS) is 15.6. The van der Waals surface area contributed by atoms with Crippen LogP contribution in [0.25, 0.3) is 11.3 Å². The van der Waals surface area contributed by atoms with Crippen molar-refractivity contribution < 1.29 is 22.7 Å². The van der Waals surface area contributed by atoms with Crippen molar-refractivity contribution in [1.82, 2.24) is 14.7 Å². The molecule has 0 spiro atoms. The Bertz CT molecular complexity index is 1090. The molecule has 1 atom stereocenters. The van der Waals surface area contributed by atoms with Crippen LogP contribution in [0.1, 0.15) is 34.6 Å². The standard InChI is InChI=1S/C23H22F3N3O2/c1-14-21-20(22(28(2)27-21)16-11-17(25)13-18(26)12-16)7-9-29(14)23(30)15-3-5-19(6-4-15)31-10-8-24/h3-6,11-14H,7-10H2,1-2H3/t14-/m0/s1. The first kappa shape index (κ1) is 21.0. The Morgan fingerprint density at radius 2 is 1.84 bits per heavy atom. The van der Waals surface area contributed by atoms with Gasteiger partial charge in [-0.3, -0.25) is 9.48 Å². The van der Waals surface area contributed by atoms with E-state index in [4.69, 9.17) is 4.74 Å². The molecule has 0 fully saturated rings. The predicted molar refractivity (Wildman–Crippen MR) is 110 cm³/mol. The topological polar surface area (TPSA) is 47.4 Å². The van der Waals surface area contributed by atoms with Crippen molar-refractivity contribution in [3.8, 4) is 17.0 Å². The highest BCUT2D eigenvalue weighted by Crippen LogP contribution is 2.36. The average Bonchev–Trinajstić information content (AvgIpc) is 3.08. The highest BCUT2D eigenvalue weighted by molar-refractivity contribution is 5.94. The molecule has 0 saturated carbocycles. The Labute approximate surface area is 178 Å². The fourth-order valence-electron chi connectivity index (χ4n) is 4.09. The number of hydrogen-bond acceptors (Lipinski definition) is 3. The monoisotopic (exact) mass is 429 g/mol. The van der Waals surface area contributed by atoms with Gasteiger partial charge in [0.25, 0.3) is 5.91 Å². The van der Waals surface area contributed by atoms with Gasteiger partial charge in [-0.15, -0.1) is 0 Å². The number of benzene rings is 2. The summed E-state index contributed by atoms with van der Waals surface area (Å²) in [6, 6.07) is 9.68. The van der Waals surface area contributed by atoms with Gasteiger partial charge < -0.3 is 9.64 Å². The Kier molecular flexibility index (Phi) is 5.71. The Morgan fingerprint density at radius 3 is 2.48 bits per heavy atom. The zero-order valence-electron chi connectivity index (χ0n) is 17.2. The number of carbonyl (C=O) groups excluding carboxylic acids is 1. The van der Waals surface area contributed by atoms with Crippen molar-refractivity contribution in [1.29, 1.82) is 0 Å². The average molecular weight is 429 g/mol. The van der Waals surface area contributed by atoms with Crippen LogP contribution < -0.4 is 4.74 Å². The van der Waals surface area contributed by atoms with Crippen molar-refractivity contribution in [2.45, 2.75) is 19.4 Å². The van der Waals surface area contributed by atoms with E-state index in [1.54, 1.807) is 40.9 Å². The van der Waals surface area contributed by atoms with Crippen LogP contribution in [-0.2, 0) is 13.5 Å². The lowest BCUT2D eigenvalue weighted by atomic mass is 9.95. The molecule has 162 valence electrons. The van der Waals surface area contributed by atoms with Crippen LogP contribution in [-0.4, -0.2) is 40.4 Å². The van der Waals surface area contributed by atoms with Gasteiger partial charge in [-0.1, -0.05) is 0 Å². The summed E-state index contributed by atoms with van der Waals surface area (Å²) < 4.78 is 46.6. The lowest BCUT2D eigenvalue weighted by Gasteiger charge is -2.33. The molecule has 1 amide bonds. The predicted octanol–water partition coefficient (Wildman–Crippen LogP) is 4.47. The molecule has 4 rings (SSSR count). The summed E-state index contributed by atoms with van der Waals surface area (Å²) in [6.07, 6.45) is 0.518. The first-order valence-electron chi connectivity index (χ1n) is 10.0. The number of carbonyl (C=O) groups is 1. The fraction of sp³-hybridized carbons (Fsp3) is 0.304. The number of nitrogens with zero attached hydrogens (tertiary/aromatic N) is 3. The molecule has 2 aromatic carbocycles. The molecule has 0 unspecified atom stereocenters. The molecule has 0 radical (unpaired) electrons. The second-order valence-electron chi connectivity index (χ2n) is 7.48. The number of aryl methyl sites for hydroxylation is 1. The fourth-order valence-corrected chi connectivity index (χ4v) is 4.09. The van der Waals surface area contributed by atoms with Crippen LogP contribution in [0.5, 0.6) is 5.75 Å². The Morgan fingerprint density at radius 1 is 1.16 bits per heavy atom. The van der Waals surface area contributed by atoms with Gasteiger partial charge in [-0.05, 0) is 49.7 Å². The molecule has 0 aliphatic carbocycles. The van der Waals surface area contributed by atoms with E-state index in [2.05, 4.69) is 5.10 Å². The van der Waals surface area contributed by atoms with Gasteiger partial charge in [0, 0.05) is 36.3 Å². The van der Waals surface area contributed by atoms with E-state index in [-0.39, 0.29) is 18.6 Å². The molecule has 0 N–H and O–H groups in total. The number of halogens is 3. The van der Waals surface area contributed by atoms with Gasteiger partial charge in [0.05, 0.1) is 17.4 Å². The molecule has 2 heterocycles. The van der Waals surface area contributed by atoms with E-state index in [9.17, 15) is 18.0 Å². The highest BCUT2D eigenvalue weighted by atomic mass is 19.1. The molecular formula is C23H22F3N3O2. The third kappa shape index (κ3) is 4.02. The second kappa shape index (κ2) is 8.45. The van der Waals surface area contributed by atoms with E-state index < -0.39 is 18.3 Å². The molecule has 0 saturated heterocycles. The maximum absolute atomic E-state index is 13.8. The minimum Gasteiger partial charge on any atom is -0.491 e. The smallest absolute Gasteiger partial charge is 0.254 e. The summed E-state index contributed by atoms with van der Waals surface area (Å²) in [7, 11) is 1.73. The molecule has 0 bridgehead atoms. The number of fused-ring (bicyclic) bond motifs is 1. The first-order chi connectivity index (χ1) is 14.9. The van der Waals surface area contributed by atoms with E-state index >= 15 is 0 Å².